The Labute approximate surface area is 81.0 Å². The van der Waals surface area contributed by atoms with Crippen LogP contribution >= 0.6 is 11.8 Å². The van der Waals surface area contributed by atoms with Crippen molar-refractivity contribution in [2.24, 2.45) is 0 Å². The van der Waals surface area contributed by atoms with Crippen LogP contribution in [0.5, 0.6) is 0 Å². The first-order valence-corrected chi connectivity index (χ1v) is 4.83. The molecule has 0 aromatic heterocycles. The number of nitrogens with one attached hydrogen (secondary N) is 1. The third-order valence-electron chi connectivity index (χ3n) is 1.70. The largest absolute Gasteiger partial charge is 0.349 e. The molecule has 3 heteroatoms. The summed E-state index contributed by atoms with van der Waals surface area (Å²) in [7, 11) is 0. The number of hydrogen-bond donors (Lipinski definition) is 1. The molecule has 0 fully saturated rings. The van der Waals surface area contributed by atoms with Crippen LogP contribution in [-0.2, 0) is 4.79 Å². The molecule has 1 aromatic carbocycles. The summed E-state index contributed by atoms with van der Waals surface area (Å²) in [4.78, 5) is 12.0. The Morgan fingerprint density at radius 3 is 2.92 bits per heavy atom. The topological polar surface area (TPSA) is 29.1 Å². The Hall–Kier alpha value is -1.22. The van der Waals surface area contributed by atoms with Crippen molar-refractivity contribution < 1.29 is 4.79 Å². The molecule has 0 saturated carbocycles. The number of carbonyl (C=O) groups is 1. The monoisotopic (exact) mass is 191 g/mol. The lowest BCUT2D eigenvalue weighted by molar-refractivity contribution is -0.112. The van der Waals surface area contributed by atoms with Crippen LogP contribution in [0.2, 0.25) is 0 Å². The maximum atomic E-state index is 10.8. The predicted octanol–water partition coefficient (Wildman–Crippen LogP) is 2.63. The fourth-order valence-electron chi connectivity index (χ4n) is 1.19. The van der Waals surface area contributed by atoms with E-state index in [1.54, 1.807) is 24.8 Å². The molecule has 0 amide bonds. The van der Waals surface area contributed by atoms with Crippen molar-refractivity contribution in [2.75, 3.05) is 5.32 Å². The highest BCUT2D eigenvalue weighted by atomic mass is 32.2. The molecule has 1 aliphatic rings. The van der Waals surface area contributed by atoms with Crippen molar-refractivity contribution in [1.29, 1.82) is 0 Å². The number of thioether (sulfide) groups is 1. The molecule has 13 heavy (non-hydrogen) atoms. The molecule has 0 saturated heterocycles. The second-order valence-corrected chi connectivity index (χ2v) is 3.93. The van der Waals surface area contributed by atoms with Crippen LogP contribution < -0.4 is 5.32 Å². The van der Waals surface area contributed by atoms with E-state index in [9.17, 15) is 4.79 Å². The number of hydrogen-bond acceptors (Lipinski definition) is 3. The highest BCUT2D eigenvalue weighted by molar-refractivity contribution is 8.03. The molecule has 2 rings (SSSR count). The standard InChI is InChI=1S/C10H9NOS/c1-7(12)6-10-11-8-4-2-3-5-9(8)13-10/h2-6,11H,1H3/b10-6-. The number of anilines is 1. The molecule has 0 aliphatic carbocycles. The van der Waals surface area contributed by atoms with Crippen molar-refractivity contribution >= 4 is 23.2 Å². The molecule has 0 atom stereocenters. The summed E-state index contributed by atoms with van der Waals surface area (Å²) in [6.07, 6.45) is 1.62. The van der Waals surface area contributed by atoms with Crippen molar-refractivity contribution in [3.63, 3.8) is 0 Å². The van der Waals surface area contributed by atoms with Gasteiger partial charge in [-0.1, -0.05) is 23.9 Å². The minimum absolute atomic E-state index is 0.0720. The van der Waals surface area contributed by atoms with Crippen LogP contribution in [0.15, 0.2) is 40.3 Å². The van der Waals surface area contributed by atoms with E-state index in [4.69, 9.17) is 0 Å². The van der Waals surface area contributed by atoms with E-state index in [0.717, 1.165) is 10.7 Å². The van der Waals surface area contributed by atoms with Gasteiger partial charge in [-0.3, -0.25) is 4.79 Å². The maximum Gasteiger partial charge on any atom is 0.155 e. The van der Waals surface area contributed by atoms with Crippen LogP contribution in [-0.4, -0.2) is 5.78 Å². The number of ketones is 1. The van der Waals surface area contributed by atoms with Gasteiger partial charge in [-0.05, 0) is 19.1 Å². The number of benzene rings is 1. The third-order valence-corrected chi connectivity index (χ3v) is 2.71. The second-order valence-electron chi connectivity index (χ2n) is 2.84. The molecule has 0 spiro atoms. The van der Waals surface area contributed by atoms with Crippen LogP contribution in [0.1, 0.15) is 6.92 Å². The Morgan fingerprint density at radius 2 is 2.23 bits per heavy atom. The molecule has 0 radical (unpaired) electrons. The van der Waals surface area contributed by atoms with E-state index in [0.29, 0.717) is 0 Å². The van der Waals surface area contributed by atoms with Gasteiger partial charge in [0.15, 0.2) is 5.78 Å². The van der Waals surface area contributed by atoms with Gasteiger partial charge in [0.25, 0.3) is 0 Å². The summed E-state index contributed by atoms with van der Waals surface area (Å²) >= 11 is 1.59. The first kappa shape index (κ1) is 8.38. The Balaban J connectivity index is 2.28. The minimum atomic E-state index is 0.0720. The number of para-hydroxylation sites is 1. The fourth-order valence-corrected chi connectivity index (χ4v) is 2.18. The molecule has 0 bridgehead atoms. The molecular weight excluding hydrogens is 182 g/mol. The molecular formula is C10H9NOS. The minimum Gasteiger partial charge on any atom is -0.349 e. The fraction of sp³-hybridized carbons (Fsp3) is 0.100. The molecule has 1 heterocycles. The first-order valence-electron chi connectivity index (χ1n) is 4.02. The summed E-state index contributed by atoms with van der Waals surface area (Å²) in [5, 5.41) is 4.08. The number of carbonyl (C=O) groups excluding carboxylic acids is 1. The zero-order valence-corrected chi connectivity index (χ0v) is 8.02. The van der Waals surface area contributed by atoms with Gasteiger partial charge in [0.1, 0.15) is 0 Å². The van der Waals surface area contributed by atoms with E-state index in [-0.39, 0.29) is 5.78 Å². The molecule has 2 nitrogen and oxygen atoms in total. The molecule has 1 aromatic rings. The van der Waals surface area contributed by atoms with E-state index in [2.05, 4.69) is 5.32 Å². The zero-order valence-electron chi connectivity index (χ0n) is 7.20. The molecule has 0 unspecified atom stereocenters. The highest BCUT2D eigenvalue weighted by Crippen LogP contribution is 2.40. The highest BCUT2D eigenvalue weighted by Gasteiger charge is 2.14. The number of fused-ring (bicyclic) bond motifs is 1. The molecule has 1 N–H and O–H groups in total. The van der Waals surface area contributed by atoms with Gasteiger partial charge in [-0.2, -0.15) is 0 Å². The SMILES string of the molecule is CC(=O)/C=C1/Nc2ccccc2S1. The van der Waals surface area contributed by atoms with Crippen molar-refractivity contribution in [3.8, 4) is 0 Å². The summed E-state index contributed by atoms with van der Waals surface area (Å²) < 4.78 is 0. The van der Waals surface area contributed by atoms with Gasteiger partial charge in [0, 0.05) is 11.0 Å². The first-order chi connectivity index (χ1) is 6.25. The molecule has 1 aliphatic heterocycles. The predicted molar refractivity (Wildman–Crippen MR) is 54.7 cm³/mol. The maximum absolute atomic E-state index is 10.8. The van der Waals surface area contributed by atoms with Gasteiger partial charge >= 0.3 is 0 Å². The Morgan fingerprint density at radius 1 is 1.46 bits per heavy atom. The number of allylic oxidation sites excluding steroid dienone is 1. The lowest BCUT2D eigenvalue weighted by atomic mass is 10.3. The van der Waals surface area contributed by atoms with Gasteiger partial charge in [0.05, 0.1) is 10.7 Å². The average Bonchev–Trinajstić information content (AvgIpc) is 2.44. The van der Waals surface area contributed by atoms with Crippen LogP contribution in [0, 0.1) is 0 Å². The van der Waals surface area contributed by atoms with Gasteiger partial charge < -0.3 is 5.32 Å². The van der Waals surface area contributed by atoms with Crippen LogP contribution in [0.3, 0.4) is 0 Å². The normalized spacial score (nSPS) is 16.8. The van der Waals surface area contributed by atoms with Gasteiger partial charge in [-0.25, -0.2) is 0 Å². The summed E-state index contributed by atoms with van der Waals surface area (Å²) in [5.41, 5.74) is 1.08. The zero-order chi connectivity index (χ0) is 9.26. The van der Waals surface area contributed by atoms with Crippen molar-refractivity contribution in [3.05, 3.63) is 35.4 Å². The lowest BCUT2D eigenvalue weighted by Crippen LogP contribution is -1.91. The van der Waals surface area contributed by atoms with Crippen LogP contribution in [0.25, 0.3) is 0 Å². The lowest BCUT2D eigenvalue weighted by Gasteiger charge is -1.95. The Bertz CT molecular complexity index is 357. The van der Waals surface area contributed by atoms with Crippen molar-refractivity contribution in [1.82, 2.24) is 0 Å². The quantitative estimate of drug-likeness (QED) is 0.692. The molecule has 66 valence electrons. The smallest absolute Gasteiger partial charge is 0.155 e. The average molecular weight is 191 g/mol. The van der Waals surface area contributed by atoms with E-state index in [1.807, 2.05) is 24.3 Å². The number of rotatable bonds is 1. The summed E-state index contributed by atoms with van der Waals surface area (Å²) in [5.74, 6) is 0.0720. The second kappa shape index (κ2) is 3.26. The Kier molecular flexibility index (Phi) is 2.10. The third kappa shape index (κ3) is 1.75. The van der Waals surface area contributed by atoms with Crippen LogP contribution in [0.4, 0.5) is 5.69 Å². The van der Waals surface area contributed by atoms with Gasteiger partial charge in [-0.15, -0.1) is 0 Å². The van der Waals surface area contributed by atoms with Gasteiger partial charge in [0.2, 0.25) is 0 Å². The van der Waals surface area contributed by atoms with Crippen molar-refractivity contribution in [2.45, 2.75) is 11.8 Å². The summed E-state index contributed by atoms with van der Waals surface area (Å²) in [6, 6.07) is 8.00. The van der Waals surface area contributed by atoms with E-state index in [1.165, 1.54) is 4.90 Å². The van der Waals surface area contributed by atoms with E-state index >= 15 is 0 Å². The summed E-state index contributed by atoms with van der Waals surface area (Å²) in [6.45, 7) is 1.55. The van der Waals surface area contributed by atoms with E-state index < -0.39 is 0 Å².